The summed E-state index contributed by atoms with van der Waals surface area (Å²) in [5.41, 5.74) is 1.20. The summed E-state index contributed by atoms with van der Waals surface area (Å²) in [6.45, 7) is 1.90. The molecule has 0 spiro atoms. The van der Waals surface area contributed by atoms with E-state index in [0.29, 0.717) is 6.42 Å². The Kier molecular flexibility index (Phi) is 4.78. The van der Waals surface area contributed by atoms with E-state index in [2.05, 4.69) is 4.98 Å². The number of anilines is 2. The van der Waals surface area contributed by atoms with Crippen molar-refractivity contribution in [3.8, 4) is 0 Å². The standard InChI is InChI=1S/C23H21N5O3S/c1-4-14(27-13-24-20-19(27)22(30)26(3)23(31)25(20)2)21(29)28-15-9-5-7-11-17(15)32-18-12-8-6-10-16(18)28/h5-14H,4H2,1-3H3. The van der Waals surface area contributed by atoms with Crippen molar-refractivity contribution in [2.75, 3.05) is 4.90 Å². The Morgan fingerprint density at radius 3 is 2.16 bits per heavy atom. The molecule has 2 aromatic heterocycles. The maximum atomic E-state index is 14.0. The van der Waals surface area contributed by atoms with E-state index >= 15 is 0 Å². The third-order valence-electron chi connectivity index (χ3n) is 5.83. The number of amides is 1. The quantitative estimate of drug-likeness (QED) is 0.482. The Labute approximate surface area is 187 Å². The molecule has 9 heteroatoms. The van der Waals surface area contributed by atoms with Gasteiger partial charge in [0.2, 0.25) is 0 Å². The molecule has 8 nitrogen and oxygen atoms in total. The zero-order chi connectivity index (χ0) is 22.6. The molecule has 4 aromatic rings. The van der Waals surface area contributed by atoms with E-state index in [1.54, 1.807) is 28.3 Å². The molecular formula is C23H21N5O3S. The largest absolute Gasteiger partial charge is 0.332 e. The van der Waals surface area contributed by atoms with Crippen LogP contribution in [0.4, 0.5) is 11.4 Å². The monoisotopic (exact) mass is 447 g/mol. The van der Waals surface area contributed by atoms with Crippen LogP contribution in [0.25, 0.3) is 11.2 Å². The van der Waals surface area contributed by atoms with Gasteiger partial charge >= 0.3 is 5.69 Å². The molecule has 1 atom stereocenters. The Morgan fingerprint density at radius 1 is 0.969 bits per heavy atom. The van der Waals surface area contributed by atoms with Crippen LogP contribution in [0.2, 0.25) is 0 Å². The molecule has 1 amide bonds. The number of carbonyl (C=O) groups is 1. The summed E-state index contributed by atoms with van der Waals surface area (Å²) in [5.74, 6) is -0.164. The Morgan fingerprint density at radius 2 is 1.56 bits per heavy atom. The maximum Gasteiger partial charge on any atom is 0.332 e. The summed E-state index contributed by atoms with van der Waals surface area (Å²) in [6.07, 6.45) is 1.93. The van der Waals surface area contributed by atoms with Gasteiger partial charge in [-0.2, -0.15) is 0 Å². The number of imidazole rings is 1. The number of benzene rings is 2. The Balaban J connectivity index is 1.71. The fourth-order valence-electron chi connectivity index (χ4n) is 4.18. The molecular weight excluding hydrogens is 426 g/mol. The highest BCUT2D eigenvalue weighted by atomic mass is 32.2. The van der Waals surface area contributed by atoms with E-state index < -0.39 is 17.3 Å². The lowest BCUT2D eigenvalue weighted by atomic mass is 10.1. The van der Waals surface area contributed by atoms with E-state index in [0.717, 1.165) is 25.7 Å². The van der Waals surface area contributed by atoms with Crippen LogP contribution in [0.3, 0.4) is 0 Å². The number of fused-ring (bicyclic) bond motifs is 3. The van der Waals surface area contributed by atoms with E-state index in [4.69, 9.17) is 0 Å². The molecule has 1 aliphatic heterocycles. The zero-order valence-electron chi connectivity index (χ0n) is 17.8. The SMILES string of the molecule is CCC(C(=O)N1c2ccccc2Sc2ccccc21)n1cnc2c1c(=O)n(C)c(=O)n2C. The van der Waals surface area contributed by atoms with Gasteiger partial charge in [-0.1, -0.05) is 43.0 Å². The van der Waals surface area contributed by atoms with Crippen LogP contribution in [-0.4, -0.2) is 24.6 Å². The molecule has 0 fully saturated rings. The summed E-state index contributed by atoms with van der Waals surface area (Å²) in [7, 11) is 3.00. The van der Waals surface area contributed by atoms with Crippen molar-refractivity contribution in [3.63, 3.8) is 0 Å². The minimum atomic E-state index is -0.672. The van der Waals surface area contributed by atoms with Crippen LogP contribution in [0, 0.1) is 0 Å². The smallest absolute Gasteiger partial charge is 0.312 e. The van der Waals surface area contributed by atoms with Gasteiger partial charge in [-0.15, -0.1) is 0 Å². The van der Waals surface area contributed by atoms with Crippen molar-refractivity contribution in [3.05, 3.63) is 75.7 Å². The highest BCUT2D eigenvalue weighted by Gasteiger charge is 2.34. The fraction of sp³-hybridized carbons (Fsp3) is 0.217. The van der Waals surface area contributed by atoms with Crippen molar-refractivity contribution in [2.45, 2.75) is 29.2 Å². The summed E-state index contributed by atoms with van der Waals surface area (Å²) < 4.78 is 3.97. The second-order valence-corrected chi connectivity index (χ2v) is 8.75. The van der Waals surface area contributed by atoms with Crippen LogP contribution < -0.4 is 16.1 Å². The van der Waals surface area contributed by atoms with Gasteiger partial charge in [0.25, 0.3) is 11.5 Å². The summed E-state index contributed by atoms with van der Waals surface area (Å²) in [4.78, 5) is 47.3. The van der Waals surface area contributed by atoms with Gasteiger partial charge in [-0.3, -0.25) is 23.6 Å². The number of rotatable bonds is 3. The highest BCUT2D eigenvalue weighted by molar-refractivity contribution is 7.99. The molecule has 0 N–H and O–H groups in total. The first-order valence-electron chi connectivity index (χ1n) is 10.3. The Bertz CT molecular complexity index is 1450. The number of para-hydroxylation sites is 2. The second-order valence-electron chi connectivity index (χ2n) is 7.67. The van der Waals surface area contributed by atoms with Crippen molar-refractivity contribution in [1.82, 2.24) is 18.7 Å². The van der Waals surface area contributed by atoms with Crippen molar-refractivity contribution < 1.29 is 4.79 Å². The van der Waals surface area contributed by atoms with Gasteiger partial charge in [0.15, 0.2) is 11.2 Å². The number of carbonyl (C=O) groups excluding carboxylic acids is 1. The van der Waals surface area contributed by atoms with Gasteiger partial charge in [0.1, 0.15) is 6.04 Å². The first-order chi connectivity index (χ1) is 15.4. The summed E-state index contributed by atoms with van der Waals surface area (Å²) >= 11 is 1.63. The molecule has 3 heterocycles. The lowest BCUT2D eigenvalue weighted by Crippen LogP contribution is -2.39. The average molecular weight is 448 g/mol. The summed E-state index contributed by atoms with van der Waals surface area (Å²) in [6, 6.07) is 14.9. The molecule has 162 valence electrons. The molecule has 0 aliphatic carbocycles. The van der Waals surface area contributed by atoms with Gasteiger partial charge < -0.3 is 4.57 Å². The molecule has 0 saturated carbocycles. The van der Waals surface area contributed by atoms with E-state index in [1.807, 2.05) is 55.5 Å². The average Bonchev–Trinajstić information content (AvgIpc) is 3.25. The van der Waals surface area contributed by atoms with Crippen molar-refractivity contribution in [2.24, 2.45) is 14.1 Å². The van der Waals surface area contributed by atoms with Crippen LogP contribution in [0.5, 0.6) is 0 Å². The number of aromatic nitrogens is 4. The van der Waals surface area contributed by atoms with E-state index in [-0.39, 0.29) is 17.1 Å². The fourth-order valence-corrected chi connectivity index (χ4v) is 5.24. The third-order valence-corrected chi connectivity index (χ3v) is 6.96. The van der Waals surface area contributed by atoms with Gasteiger partial charge in [0, 0.05) is 23.9 Å². The highest BCUT2D eigenvalue weighted by Crippen LogP contribution is 2.48. The summed E-state index contributed by atoms with van der Waals surface area (Å²) in [5, 5.41) is 0. The molecule has 1 aliphatic rings. The number of hydrogen-bond donors (Lipinski definition) is 0. The predicted octanol–water partition coefficient (Wildman–Crippen LogP) is 3.21. The number of aryl methyl sites for hydroxylation is 1. The zero-order valence-corrected chi connectivity index (χ0v) is 18.7. The minimum absolute atomic E-state index is 0.164. The first-order valence-corrected chi connectivity index (χ1v) is 11.1. The molecule has 0 saturated heterocycles. The lowest BCUT2D eigenvalue weighted by Gasteiger charge is -2.33. The second kappa shape index (κ2) is 7.52. The number of hydrogen-bond acceptors (Lipinski definition) is 5. The van der Waals surface area contributed by atoms with Crippen LogP contribution >= 0.6 is 11.8 Å². The molecule has 2 aromatic carbocycles. The Hall–Kier alpha value is -3.59. The van der Waals surface area contributed by atoms with E-state index in [9.17, 15) is 14.4 Å². The first kappa shape index (κ1) is 20.3. The van der Waals surface area contributed by atoms with Crippen LogP contribution in [0.15, 0.2) is 74.2 Å². The van der Waals surface area contributed by atoms with Gasteiger partial charge in [0.05, 0.1) is 17.7 Å². The van der Waals surface area contributed by atoms with Gasteiger partial charge in [-0.05, 0) is 30.7 Å². The van der Waals surface area contributed by atoms with Crippen molar-refractivity contribution >= 4 is 40.2 Å². The lowest BCUT2D eigenvalue weighted by molar-refractivity contribution is -0.121. The topological polar surface area (TPSA) is 82.1 Å². The molecule has 1 unspecified atom stereocenters. The van der Waals surface area contributed by atoms with Crippen LogP contribution in [-0.2, 0) is 18.9 Å². The number of nitrogens with zero attached hydrogens (tertiary/aromatic N) is 5. The van der Waals surface area contributed by atoms with Crippen LogP contribution in [0.1, 0.15) is 19.4 Å². The van der Waals surface area contributed by atoms with Gasteiger partial charge in [-0.25, -0.2) is 9.78 Å². The molecule has 0 bridgehead atoms. The molecule has 32 heavy (non-hydrogen) atoms. The van der Waals surface area contributed by atoms with Crippen molar-refractivity contribution in [1.29, 1.82) is 0 Å². The molecule has 5 rings (SSSR count). The van der Waals surface area contributed by atoms with E-state index in [1.165, 1.54) is 17.9 Å². The molecule has 0 radical (unpaired) electrons. The maximum absolute atomic E-state index is 14.0. The predicted molar refractivity (Wildman–Crippen MR) is 124 cm³/mol. The normalized spacial score (nSPS) is 13.7. The minimum Gasteiger partial charge on any atom is -0.312 e. The third kappa shape index (κ3) is 2.85.